The summed E-state index contributed by atoms with van der Waals surface area (Å²) >= 11 is 7.99. The first-order valence-electron chi connectivity index (χ1n) is 7.56. The second-order valence-electron chi connectivity index (χ2n) is 5.15. The maximum Gasteiger partial charge on any atom is 0.234 e. The van der Waals surface area contributed by atoms with Crippen molar-refractivity contribution >= 4 is 55.2 Å². The van der Waals surface area contributed by atoms with Gasteiger partial charge in [-0.15, -0.1) is 5.10 Å². The molecule has 0 spiro atoms. The van der Waals surface area contributed by atoms with E-state index in [9.17, 15) is 4.79 Å². The number of hydrogen-bond acceptors (Lipinski definition) is 5. The first-order chi connectivity index (χ1) is 12.6. The molecule has 0 radical (unpaired) electrons. The fourth-order valence-corrected chi connectivity index (χ4v) is 3.10. The largest absolute Gasteiger partial charge is 0.486 e. The van der Waals surface area contributed by atoms with E-state index < -0.39 is 0 Å². The predicted octanol–water partition coefficient (Wildman–Crippen LogP) is 4.64. The van der Waals surface area contributed by atoms with Crippen LogP contribution in [0.1, 0.15) is 5.82 Å². The number of aromatic amines is 1. The van der Waals surface area contributed by atoms with Crippen molar-refractivity contribution in [3.05, 3.63) is 63.3 Å². The highest BCUT2D eigenvalue weighted by Crippen LogP contribution is 2.18. The third kappa shape index (κ3) is 5.86. The van der Waals surface area contributed by atoms with Crippen LogP contribution in [0.4, 0.5) is 5.69 Å². The lowest BCUT2D eigenvalue weighted by Gasteiger charge is -2.04. The molecule has 3 aromatic rings. The summed E-state index contributed by atoms with van der Waals surface area (Å²) in [6, 6.07) is 14.9. The Morgan fingerprint density at radius 1 is 1.08 bits per heavy atom. The molecule has 1 amide bonds. The van der Waals surface area contributed by atoms with Crippen LogP contribution in [0.5, 0.6) is 5.75 Å². The molecule has 2 aromatic carbocycles. The van der Waals surface area contributed by atoms with E-state index in [1.54, 1.807) is 0 Å². The van der Waals surface area contributed by atoms with E-state index in [2.05, 4.69) is 52.4 Å². The number of benzene rings is 2. The minimum absolute atomic E-state index is 0.116. The number of halogens is 2. The first-order valence-corrected chi connectivity index (χ1v) is 10.1. The molecule has 26 heavy (non-hydrogen) atoms. The van der Waals surface area contributed by atoms with Crippen LogP contribution in [0, 0.1) is 0 Å². The summed E-state index contributed by atoms with van der Waals surface area (Å²) in [6.07, 6.45) is 0. The van der Waals surface area contributed by atoms with Crippen molar-refractivity contribution in [1.29, 1.82) is 0 Å². The van der Waals surface area contributed by atoms with Gasteiger partial charge in [-0.25, -0.2) is 4.98 Å². The normalized spacial score (nSPS) is 10.5. The SMILES string of the molecule is O=C(CSc1n[nH]c(COc2ccc(Br)cc2)n1)Nc1ccc(Br)cc1. The number of rotatable bonds is 7. The lowest BCUT2D eigenvalue weighted by Crippen LogP contribution is -2.13. The highest BCUT2D eigenvalue weighted by Gasteiger charge is 2.09. The number of H-pyrrole nitrogens is 1. The summed E-state index contributed by atoms with van der Waals surface area (Å²) in [7, 11) is 0. The van der Waals surface area contributed by atoms with Crippen LogP contribution in [0.15, 0.2) is 62.6 Å². The summed E-state index contributed by atoms with van der Waals surface area (Å²) in [5.41, 5.74) is 0.748. The molecule has 1 aromatic heterocycles. The Bertz CT molecular complexity index is 869. The van der Waals surface area contributed by atoms with Crippen molar-refractivity contribution in [2.75, 3.05) is 11.1 Å². The summed E-state index contributed by atoms with van der Waals surface area (Å²) < 4.78 is 7.58. The van der Waals surface area contributed by atoms with Crippen molar-refractivity contribution in [3.8, 4) is 5.75 Å². The van der Waals surface area contributed by atoms with Crippen LogP contribution >= 0.6 is 43.6 Å². The van der Waals surface area contributed by atoms with Gasteiger partial charge in [-0.05, 0) is 48.5 Å². The molecular weight excluding hydrogens is 484 g/mol. The molecule has 0 aliphatic heterocycles. The van der Waals surface area contributed by atoms with Gasteiger partial charge in [0, 0.05) is 14.6 Å². The number of ether oxygens (including phenoxy) is 1. The van der Waals surface area contributed by atoms with E-state index in [0.29, 0.717) is 11.0 Å². The Balaban J connectivity index is 1.45. The number of hydrogen-bond donors (Lipinski definition) is 2. The Morgan fingerprint density at radius 3 is 2.42 bits per heavy atom. The lowest BCUT2D eigenvalue weighted by atomic mass is 10.3. The number of carbonyl (C=O) groups is 1. The Hall–Kier alpha value is -1.84. The highest BCUT2D eigenvalue weighted by molar-refractivity contribution is 9.10. The van der Waals surface area contributed by atoms with Gasteiger partial charge in [0.05, 0.1) is 5.75 Å². The molecule has 2 N–H and O–H groups in total. The fourth-order valence-electron chi connectivity index (χ4n) is 1.95. The van der Waals surface area contributed by atoms with Crippen molar-refractivity contribution in [3.63, 3.8) is 0 Å². The van der Waals surface area contributed by atoms with Crippen LogP contribution in [0.25, 0.3) is 0 Å². The number of carbonyl (C=O) groups excluding carboxylic acids is 1. The summed E-state index contributed by atoms with van der Waals surface area (Å²) in [6.45, 7) is 0.278. The molecule has 9 heteroatoms. The van der Waals surface area contributed by atoms with E-state index in [1.165, 1.54) is 11.8 Å². The number of aromatic nitrogens is 3. The van der Waals surface area contributed by atoms with E-state index in [1.807, 2.05) is 48.5 Å². The van der Waals surface area contributed by atoms with E-state index in [4.69, 9.17) is 4.74 Å². The molecule has 0 fully saturated rings. The van der Waals surface area contributed by atoms with Crippen LogP contribution < -0.4 is 10.1 Å². The van der Waals surface area contributed by atoms with Gasteiger partial charge in [-0.1, -0.05) is 43.6 Å². The van der Waals surface area contributed by atoms with Crippen LogP contribution in [-0.2, 0) is 11.4 Å². The molecule has 0 saturated carbocycles. The highest BCUT2D eigenvalue weighted by atomic mass is 79.9. The van der Waals surface area contributed by atoms with Gasteiger partial charge < -0.3 is 10.1 Å². The van der Waals surface area contributed by atoms with Gasteiger partial charge >= 0.3 is 0 Å². The van der Waals surface area contributed by atoms with E-state index in [0.717, 1.165) is 20.4 Å². The molecule has 0 saturated heterocycles. The second kappa shape index (κ2) is 9.20. The third-order valence-electron chi connectivity index (χ3n) is 3.16. The number of amides is 1. The molecule has 3 rings (SSSR count). The first kappa shape index (κ1) is 18.9. The van der Waals surface area contributed by atoms with Gasteiger partial charge in [0.2, 0.25) is 11.1 Å². The average Bonchev–Trinajstić information content (AvgIpc) is 3.09. The fraction of sp³-hybridized carbons (Fsp3) is 0.118. The molecule has 0 aliphatic carbocycles. The minimum atomic E-state index is -0.116. The van der Waals surface area contributed by atoms with Gasteiger partial charge in [-0.2, -0.15) is 0 Å². The quantitative estimate of drug-likeness (QED) is 0.465. The Labute approximate surface area is 171 Å². The average molecular weight is 498 g/mol. The van der Waals surface area contributed by atoms with Crippen molar-refractivity contribution in [2.45, 2.75) is 11.8 Å². The molecule has 0 unspecified atom stereocenters. The predicted molar refractivity (Wildman–Crippen MR) is 108 cm³/mol. The molecule has 0 atom stereocenters. The zero-order chi connectivity index (χ0) is 18.4. The Morgan fingerprint density at radius 2 is 1.73 bits per heavy atom. The maximum atomic E-state index is 12.0. The van der Waals surface area contributed by atoms with Crippen LogP contribution in [0.2, 0.25) is 0 Å². The van der Waals surface area contributed by atoms with Gasteiger partial charge in [-0.3, -0.25) is 9.89 Å². The topological polar surface area (TPSA) is 79.9 Å². The number of anilines is 1. The maximum absolute atomic E-state index is 12.0. The molecular formula is C17H14Br2N4O2S. The smallest absolute Gasteiger partial charge is 0.234 e. The van der Waals surface area contributed by atoms with Crippen molar-refractivity contribution < 1.29 is 9.53 Å². The van der Waals surface area contributed by atoms with Crippen molar-refractivity contribution in [1.82, 2.24) is 15.2 Å². The molecule has 1 heterocycles. The summed E-state index contributed by atoms with van der Waals surface area (Å²) in [4.78, 5) is 16.3. The van der Waals surface area contributed by atoms with Crippen molar-refractivity contribution in [2.24, 2.45) is 0 Å². The number of nitrogens with one attached hydrogen (secondary N) is 2. The number of thioether (sulfide) groups is 1. The van der Waals surface area contributed by atoms with Crippen LogP contribution in [0.3, 0.4) is 0 Å². The molecule has 0 aliphatic rings. The third-order valence-corrected chi connectivity index (χ3v) is 5.07. The van der Waals surface area contributed by atoms with E-state index in [-0.39, 0.29) is 18.3 Å². The Kier molecular flexibility index (Phi) is 6.70. The molecule has 6 nitrogen and oxygen atoms in total. The van der Waals surface area contributed by atoms with E-state index >= 15 is 0 Å². The second-order valence-corrected chi connectivity index (χ2v) is 7.92. The lowest BCUT2D eigenvalue weighted by molar-refractivity contribution is -0.113. The molecule has 0 bridgehead atoms. The summed E-state index contributed by atoms with van der Waals surface area (Å²) in [5.74, 6) is 1.45. The minimum Gasteiger partial charge on any atom is -0.486 e. The molecule has 134 valence electrons. The zero-order valence-electron chi connectivity index (χ0n) is 13.4. The van der Waals surface area contributed by atoms with Gasteiger partial charge in [0.1, 0.15) is 12.4 Å². The van der Waals surface area contributed by atoms with Crippen LogP contribution in [-0.4, -0.2) is 26.8 Å². The standard InChI is InChI=1S/C17H14Br2N4O2S/c18-11-1-5-13(6-2-11)20-16(24)10-26-17-21-15(22-23-17)9-25-14-7-3-12(19)4-8-14/h1-8H,9-10H2,(H,20,24)(H,21,22,23). The zero-order valence-corrected chi connectivity index (χ0v) is 17.4. The summed E-state index contributed by atoms with van der Waals surface area (Å²) in [5, 5.41) is 10.2. The number of nitrogens with zero attached hydrogens (tertiary/aromatic N) is 2. The monoisotopic (exact) mass is 496 g/mol. The van der Waals surface area contributed by atoms with Gasteiger partial charge in [0.15, 0.2) is 5.82 Å². The van der Waals surface area contributed by atoms with Gasteiger partial charge in [0.25, 0.3) is 0 Å².